The molecule has 1 atom stereocenters. The second-order valence-electron chi connectivity index (χ2n) is 7.06. The van der Waals surface area contributed by atoms with Crippen molar-refractivity contribution in [3.8, 4) is 23.3 Å². The van der Waals surface area contributed by atoms with Crippen LogP contribution in [-0.4, -0.2) is 45.2 Å². The van der Waals surface area contributed by atoms with E-state index in [1.165, 1.54) is 0 Å². The highest BCUT2D eigenvalue weighted by Crippen LogP contribution is 2.26. The van der Waals surface area contributed by atoms with E-state index < -0.39 is 18.6 Å². The number of para-hydroxylation sites is 1. The maximum absolute atomic E-state index is 12.6. The predicted molar refractivity (Wildman–Crippen MR) is 118 cm³/mol. The van der Waals surface area contributed by atoms with E-state index in [1.54, 1.807) is 47.1 Å². The van der Waals surface area contributed by atoms with Crippen molar-refractivity contribution < 1.29 is 19.7 Å². The molecule has 0 radical (unpaired) electrons. The molecule has 160 valence electrons. The van der Waals surface area contributed by atoms with Crippen LogP contribution in [0.15, 0.2) is 72.8 Å². The average molecular weight is 428 g/mol. The number of aromatic nitrogens is 2. The molecule has 3 aromatic carbocycles. The molecule has 3 N–H and O–H groups in total. The molecule has 4 rings (SSSR count). The Morgan fingerprint density at radius 2 is 1.72 bits per heavy atom. The van der Waals surface area contributed by atoms with Crippen LogP contribution < -0.4 is 10.1 Å². The molecule has 32 heavy (non-hydrogen) atoms. The highest BCUT2D eigenvalue weighted by molar-refractivity contribution is 6.05. The van der Waals surface area contributed by atoms with E-state index in [2.05, 4.69) is 16.5 Å². The smallest absolute Gasteiger partial charge is 0.272 e. The van der Waals surface area contributed by atoms with Crippen molar-refractivity contribution in [1.29, 1.82) is 5.26 Å². The van der Waals surface area contributed by atoms with Crippen LogP contribution >= 0.6 is 0 Å². The Balaban J connectivity index is 1.59. The molecule has 1 heterocycles. The fourth-order valence-corrected chi connectivity index (χ4v) is 3.18. The van der Waals surface area contributed by atoms with Gasteiger partial charge in [0.25, 0.3) is 5.91 Å². The Hall–Kier alpha value is -4.19. The fraction of sp³-hybridized carbons (Fsp3) is 0.125. The lowest BCUT2D eigenvalue weighted by atomic mass is 10.2. The molecule has 0 spiro atoms. The van der Waals surface area contributed by atoms with Crippen LogP contribution in [0, 0.1) is 11.3 Å². The molecule has 1 unspecified atom stereocenters. The van der Waals surface area contributed by atoms with E-state index in [-0.39, 0.29) is 12.2 Å². The second kappa shape index (κ2) is 9.31. The quantitative estimate of drug-likeness (QED) is 0.416. The number of nitrogens with one attached hydrogen (secondary N) is 1. The Morgan fingerprint density at radius 1 is 1.06 bits per heavy atom. The van der Waals surface area contributed by atoms with Gasteiger partial charge in [-0.2, -0.15) is 10.4 Å². The SMILES string of the molecule is N#Cc1ccc(Oc2ccc(-n3nc(C(=O)NCC(O)CO)c4ccccc43)cc2)cc1. The number of aliphatic hydroxyl groups is 2. The van der Waals surface area contributed by atoms with Crippen molar-refractivity contribution >= 4 is 16.8 Å². The number of nitrogens with zero attached hydrogens (tertiary/aromatic N) is 3. The lowest BCUT2D eigenvalue weighted by molar-refractivity contribution is 0.0799. The Kier molecular flexibility index (Phi) is 6.12. The van der Waals surface area contributed by atoms with Gasteiger partial charge in [-0.25, -0.2) is 4.68 Å². The van der Waals surface area contributed by atoms with E-state index >= 15 is 0 Å². The fourth-order valence-electron chi connectivity index (χ4n) is 3.18. The zero-order valence-corrected chi connectivity index (χ0v) is 17.0. The van der Waals surface area contributed by atoms with Crippen molar-refractivity contribution in [3.63, 3.8) is 0 Å². The molecule has 1 amide bonds. The number of carbonyl (C=O) groups is 1. The molecule has 0 aliphatic rings. The molecule has 4 aromatic rings. The summed E-state index contributed by atoms with van der Waals surface area (Å²) in [4.78, 5) is 12.6. The minimum absolute atomic E-state index is 0.0715. The van der Waals surface area contributed by atoms with E-state index in [9.17, 15) is 9.90 Å². The van der Waals surface area contributed by atoms with E-state index in [0.29, 0.717) is 22.4 Å². The highest BCUT2D eigenvalue weighted by Gasteiger charge is 2.18. The minimum Gasteiger partial charge on any atom is -0.457 e. The summed E-state index contributed by atoms with van der Waals surface area (Å²) in [6, 6.07) is 23.5. The number of ether oxygens (including phenoxy) is 1. The van der Waals surface area contributed by atoms with E-state index in [4.69, 9.17) is 15.1 Å². The largest absolute Gasteiger partial charge is 0.457 e. The van der Waals surface area contributed by atoms with Crippen molar-refractivity contribution in [2.75, 3.05) is 13.2 Å². The summed E-state index contributed by atoms with van der Waals surface area (Å²) < 4.78 is 7.48. The molecule has 1 aromatic heterocycles. The highest BCUT2D eigenvalue weighted by atomic mass is 16.5. The van der Waals surface area contributed by atoms with Gasteiger partial charge >= 0.3 is 0 Å². The van der Waals surface area contributed by atoms with Crippen LogP contribution in [0.5, 0.6) is 11.5 Å². The number of aliphatic hydroxyl groups excluding tert-OH is 2. The summed E-state index contributed by atoms with van der Waals surface area (Å²) in [5.74, 6) is 0.796. The number of benzene rings is 3. The summed E-state index contributed by atoms with van der Waals surface area (Å²) >= 11 is 0. The third kappa shape index (κ3) is 4.44. The van der Waals surface area contributed by atoms with Crippen LogP contribution in [0.25, 0.3) is 16.6 Å². The molecule has 0 bridgehead atoms. The number of amides is 1. The first-order valence-corrected chi connectivity index (χ1v) is 9.92. The Morgan fingerprint density at radius 3 is 2.38 bits per heavy atom. The second-order valence-corrected chi connectivity index (χ2v) is 7.06. The van der Waals surface area contributed by atoms with Gasteiger partial charge < -0.3 is 20.3 Å². The van der Waals surface area contributed by atoms with Crippen molar-refractivity contribution in [1.82, 2.24) is 15.1 Å². The van der Waals surface area contributed by atoms with Gasteiger partial charge in [0.1, 0.15) is 11.5 Å². The van der Waals surface area contributed by atoms with E-state index in [1.807, 2.05) is 30.3 Å². The minimum atomic E-state index is -1.03. The molecular formula is C24H20N4O4. The maximum Gasteiger partial charge on any atom is 0.272 e. The number of rotatable bonds is 7. The molecule has 0 aliphatic heterocycles. The van der Waals surface area contributed by atoms with Gasteiger partial charge in [0.2, 0.25) is 0 Å². The van der Waals surface area contributed by atoms with Crippen LogP contribution in [0.2, 0.25) is 0 Å². The predicted octanol–water partition coefficient (Wildman–Crippen LogP) is 2.77. The van der Waals surface area contributed by atoms with Crippen LogP contribution in [0.3, 0.4) is 0 Å². The van der Waals surface area contributed by atoms with Crippen molar-refractivity contribution in [2.24, 2.45) is 0 Å². The van der Waals surface area contributed by atoms with Crippen LogP contribution in [0.4, 0.5) is 0 Å². The number of fused-ring (bicyclic) bond motifs is 1. The van der Waals surface area contributed by atoms with Gasteiger partial charge in [0.05, 0.1) is 35.5 Å². The topological polar surface area (TPSA) is 120 Å². The molecule has 0 fully saturated rings. The van der Waals surface area contributed by atoms with Gasteiger partial charge in [0, 0.05) is 11.9 Å². The Bertz CT molecular complexity index is 1270. The van der Waals surface area contributed by atoms with Gasteiger partial charge in [-0.15, -0.1) is 0 Å². The normalized spacial score (nSPS) is 11.7. The zero-order valence-electron chi connectivity index (χ0n) is 17.0. The van der Waals surface area contributed by atoms with Crippen LogP contribution in [-0.2, 0) is 0 Å². The zero-order chi connectivity index (χ0) is 22.5. The summed E-state index contributed by atoms with van der Waals surface area (Å²) in [6.45, 7) is -0.510. The van der Waals surface area contributed by atoms with Gasteiger partial charge in [-0.05, 0) is 54.6 Å². The van der Waals surface area contributed by atoms with Crippen LogP contribution in [0.1, 0.15) is 16.1 Å². The number of hydrogen-bond acceptors (Lipinski definition) is 6. The first-order valence-electron chi connectivity index (χ1n) is 9.92. The maximum atomic E-state index is 12.6. The molecule has 0 saturated carbocycles. The summed E-state index contributed by atoms with van der Waals surface area (Å²) in [5.41, 5.74) is 2.27. The van der Waals surface area contributed by atoms with Crippen molar-refractivity contribution in [2.45, 2.75) is 6.10 Å². The summed E-state index contributed by atoms with van der Waals surface area (Å²) in [6.07, 6.45) is -1.03. The van der Waals surface area contributed by atoms with Gasteiger partial charge in [-0.1, -0.05) is 18.2 Å². The van der Waals surface area contributed by atoms with Crippen molar-refractivity contribution in [3.05, 3.63) is 84.1 Å². The monoisotopic (exact) mass is 428 g/mol. The van der Waals surface area contributed by atoms with E-state index in [0.717, 1.165) is 11.2 Å². The lowest BCUT2D eigenvalue weighted by Crippen LogP contribution is -2.34. The standard InChI is InChI=1S/C24H20N4O4/c25-13-16-5-9-19(10-6-16)32-20-11-7-17(8-12-20)28-22-4-2-1-3-21(22)23(27-28)24(31)26-14-18(30)15-29/h1-12,18,29-30H,14-15H2,(H,26,31). The molecule has 8 heteroatoms. The number of nitriles is 1. The molecule has 0 saturated heterocycles. The summed E-state index contributed by atoms with van der Waals surface area (Å²) in [7, 11) is 0. The molecule has 8 nitrogen and oxygen atoms in total. The molecular weight excluding hydrogens is 408 g/mol. The third-order valence-corrected chi connectivity index (χ3v) is 4.81. The van der Waals surface area contributed by atoms with Gasteiger partial charge in [-0.3, -0.25) is 4.79 Å². The Labute approximate surface area is 183 Å². The number of hydrogen-bond donors (Lipinski definition) is 3. The third-order valence-electron chi connectivity index (χ3n) is 4.81. The lowest BCUT2D eigenvalue weighted by Gasteiger charge is -2.08. The average Bonchev–Trinajstić information content (AvgIpc) is 3.23. The first kappa shape index (κ1) is 21.1. The molecule has 0 aliphatic carbocycles. The number of carbonyl (C=O) groups excluding carboxylic acids is 1. The summed E-state index contributed by atoms with van der Waals surface area (Å²) in [5, 5.41) is 35.1. The van der Waals surface area contributed by atoms with Gasteiger partial charge in [0.15, 0.2) is 5.69 Å². The first-order chi connectivity index (χ1) is 15.6.